The van der Waals surface area contributed by atoms with Crippen molar-refractivity contribution >= 4 is 11.4 Å². The Kier molecular flexibility index (Phi) is 4.69. The van der Waals surface area contributed by atoms with Crippen LogP contribution in [0.15, 0.2) is 54.6 Å². The summed E-state index contributed by atoms with van der Waals surface area (Å²) in [4.78, 5) is 0. The summed E-state index contributed by atoms with van der Waals surface area (Å²) in [6.07, 6.45) is 0. The van der Waals surface area contributed by atoms with Crippen molar-refractivity contribution in [2.75, 3.05) is 5.32 Å². The molecule has 0 spiro atoms. The first-order valence-electron chi connectivity index (χ1n) is 4.44. The molecule has 0 atom stereocenters. The quantitative estimate of drug-likeness (QED) is 0.674. The molecule has 2 rings (SSSR count). The molecule has 0 aromatic heterocycles. The molecule has 0 fully saturated rings. The fourth-order valence-corrected chi connectivity index (χ4v) is 1.26. The minimum Gasteiger partial charge on any atom is -0.872 e. The average molecular weight is 207 g/mol. The van der Waals surface area contributed by atoms with E-state index in [1.165, 1.54) is 6.07 Å². The Morgan fingerprint density at radius 1 is 0.800 bits per heavy atom. The van der Waals surface area contributed by atoms with Gasteiger partial charge in [0.05, 0.1) is 0 Å². The largest absolute Gasteiger partial charge is 1.00 e. The van der Waals surface area contributed by atoms with Crippen molar-refractivity contribution in [1.82, 2.24) is 0 Å². The van der Waals surface area contributed by atoms with E-state index in [9.17, 15) is 5.11 Å². The van der Waals surface area contributed by atoms with E-state index in [0.717, 1.165) is 11.4 Å². The number of benzene rings is 2. The number of anilines is 2. The van der Waals surface area contributed by atoms with E-state index < -0.39 is 0 Å². The van der Waals surface area contributed by atoms with Gasteiger partial charge in [-0.05, 0) is 24.3 Å². The predicted molar refractivity (Wildman–Crippen MR) is 55.6 cm³/mol. The van der Waals surface area contributed by atoms with Gasteiger partial charge in [-0.2, -0.15) is 0 Å². The van der Waals surface area contributed by atoms with Crippen LogP contribution in [0.2, 0.25) is 0 Å². The van der Waals surface area contributed by atoms with E-state index in [1.54, 1.807) is 12.1 Å². The normalized spacial score (nSPS) is 9.07. The van der Waals surface area contributed by atoms with E-state index in [0.29, 0.717) is 0 Å². The first kappa shape index (κ1) is 12.1. The zero-order valence-corrected chi connectivity index (χ0v) is 10.6. The van der Waals surface area contributed by atoms with Gasteiger partial charge >= 0.3 is 29.6 Å². The van der Waals surface area contributed by atoms with Crippen LogP contribution in [0.5, 0.6) is 5.75 Å². The molecule has 0 aliphatic heterocycles. The summed E-state index contributed by atoms with van der Waals surface area (Å²) in [5, 5.41) is 14.2. The summed E-state index contributed by atoms with van der Waals surface area (Å²) in [6.45, 7) is 0. The molecule has 2 aromatic carbocycles. The maximum atomic E-state index is 11.0. The molecule has 0 amide bonds. The van der Waals surface area contributed by atoms with E-state index in [2.05, 4.69) is 5.32 Å². The molecule has 0 heterocycles. The number of hydrogen-bond acceptors (Lipinski definition) is 2. The monoisotopic (exact) mass is 207 g/mol. The van der Waals surface area contributed by atoms with Gasteiger partial charge in [-0.3, -0.25) is 0 Å². The number of hydrogen-bond donors (Lipinski definition) is 1. The smallest absolute Gasteiger partial charge is 0.872 e. The fourth-order valence-electron chi connectivity index (χ4n) is 1.26. The SMILES string of the molecule is [Na+].[O-]c1cccc(Nc2ccccc2)c1. The molecule has 70 valence electrons. The van der Waals surface area contributed by atoms with Gasteiger partial charge in [-0.15, -0.1) is 5.75 Å². The second-order valence-corrected chi connectivity index (χ2v) is 3.02. The molecule has 0 bridgehead atoms. The topological polar surface area (TPSA) is 35.1 Å². The Morgan fingerprint density at radius 2 is 1.47 bits per heavy atom. The first-order valence-corrected chi connectivity index (χ1v) is 4.44. The Balaban J connectivity index is 0.00000112. The van der Waals surface area contributed by atoms with E-state index in [4.69, 9.17) is 0 Å². The van der Waals surface area contributed by atoms with Gasteiger partial charge in [0, 0.05) is 11.4 Å². The van der Waals surface area contributed by atoms with Crippen molar-refractivity contribution in [2.45, 2.75) is 0 Å². The maximum Gasteiger partial charge on any atom is 1.00 e. The number of para-hydroxylation sites is 1. The van der Waals surface area contributed by atoms with E-state index >= 15 is 0 Å². The van der Waals surface area contributed by atoms with Gasteiger partial charge in [0.1, 0.15) is 0 Å². The molecule has 0 unspecified atom stereocenters. The standard InChI is InChI=1S/C12H11NO.Na/c14-12-8-4-7-11(9-12)13-10-5-2-1-3-6-10;/h1-9,13-14H;/q;+1/p-1. The van der Waals surface area contributed by atoms with Crippen molar-refractivity contribution < 1.29 is 34.7 Å². The predicted octanol–water partition coefficient (Wildman–Crippen LogP) is -0.492. The molecule has 1 N–H and O–H groups in total. The Bertz CT molecular complexity index is 417. The van der Waals surface area contributed by atoms with E-state index in [1.807, 2.05) is 36.4 Å². The van der Waals surface area contributed by atoms with Gasteiger partial charge in [-0.1, -0.05) is 30.3 Å². The van der Waals surface area contributed by atoms with Crippen LogP contribution in [0, 0.1) is 0 Å². The van der Waals surface area contributed by atoms with Crippen LogP contribution in [0.1, 0.15) is 0 Å². The molecule has 0 saturated carbocycles. The van der Waals surface area contributed by atoms with Crippen LogP contribution in [-0.4, -0.2) is 0 Å². The van der Waals surface area contributed by atoms with Crippen LogP contribution in [0.25, 0.3) is 0 Å². The summed E-state index contributed by atoms with van der Waals surface area (Å²) in [5.41, 5.74) is 1.81. The molecule has 2 nitrogen and oxygen atoms in total. The van der Waals surface area contributed by atoms with Crippen LogP contribution in [-0.2, 0) is 0 Å². The molecular formula is C12H10NNaO. The minimum absolute atomic E-state index is 0. The second kappa shape index (κ2) is 5.81. The Morgan fingerprint density at radius 3 is 2.13 bits per heavy atom. The summed E-state index contributed by atoms with van der Waals surface area (Å²) < 4.78 is 0. The van der Waals surface area contributed by atoms with Crippen molar-refractivity contribution in [3.05, 3.63) is 54.6 Å². The van der Waals surface area contributed by atoms with Crippen molar-refractivity contribution in [3.63, 3.8) is 0 Å². The molecule has 15 heavy (non-hydrogen) atoms. The molecule has 2 aromatic rings. The van der Waals surface area contributed by atoms with Gasteiger partial charge in [0.15, 0.2) is 0 Å². The van der Waals surface area contributed by atoms with Crippen molar-refractivity contribution in [3.8, 4) is 5.75 Å². The minimum atomic E-state index is 0. The van der Waals surface area contributed by atoms with Gasteiger partial charge < -0.3 is 10.4 Å². The van der Waals surface area contributed by atoms with Crippen molar-refractivity contribution in [2.24, 2.45) is 0 Å². The number of rotatable bonds is 2. The zero-order valence-electron chi connectivity index (χ0n) is 8.60. The molecule has 0 aliphatic carbocycles. The molecule has 0 aliphatic rings. The second-order valence-electron chi connectivity index (χ2n) is 3.02. The Labute approximate surface area is 111 Å². The van der Waals surface area contributed by atoms with Crippen LogP contribution >= 0.6 is 0 Å². The third-order valence-corrected chi connectivity index (χ3v) is 1.90. The third kappa shape index (κ3) is 3.59. The first-order chi connectivity index (χ1) is 6.84. The summed E-state index contributed by atoms with van der Waals surface area (Å²) in [5.74, 6) is 0.0194. The zero-order chi connectivity index (χ0) is 9.80. The summed E-state index contributed by atoms with van der Waals surface area (Å²) in [6, 6.07) is 16.5. The van der Waals surface area contributed by atoms with Crippen LogP contribution in [0.3, 0.4) is 0 Å². The molecule has 3 heteroatoms. The fraction of sp³-hybridized carbons (Fsp3) is 0. The molecule has 0 radical (unpaired) electrons. The van der Waals surface area contributed by atoms with Gasteiger partial charge in [-0.25, -0.2) is 0 Å². The van der Waals surface area contributed by atoms with Crippen LogP contribution < -0.4 is 40.0 Å². The van der Waals surface area contributed by atoms with Crippen LogP contribution in [0.4, 0.5) is 11.4 Å². The summed E-state index contributed by atoms with van der Waals surface area (Å²) in [7, 11) is 0. The van der Waals surface area contributed by atoms with Crippen molar-refractivity contribution in [1.29, 1.82) is 0 Å². The third-order valence-electron chi connectivity index (χ3n) is 1.90. The van der Waals surface area contributed by atoms with Gasteiger partial charge in [0.25, 0.3) is 0 Å². The summed E-state index contributed by atoms with van der Waals surface area (Å²) >= 11 is 0. The Hall–Kier alpha value is -0.960. The molecular weight excluding hydrogens is 197 g/mol. The van der Waals surface area contributed by atoms with Gasteiger partial charge in [0.2, 0.25) is 0 Å². The molecule has 0 saturated heterocycles. The van der Waals surface area contributed by atoms with E-state index in [-0.39, 0.29) is 35.3 Å². The maximum absolute atomic E-state index is 11.0. The number of nitrogens with one attached hydrogen (secondary N) is 1. The average Bonchev–Trinajstić information content (AvgIpc) is 2.19.